The lowest BCUT2D eigenvalue weighted by Crippen LogP contribution is -2.43. The zero-order chi connectivity index (χ0) is 88.2. The number of carbonyl (C=O) groups excluding carboxylic acids is 5. The summed E-state index contributed by atoms with van der Waals surface area (Å²) in [6.07, 6.45) is 18.3. The van der Waals surface area contributed by atoms with Gasteiger partial charge in [-0.15, -0.1) is 0 Å². The van der Waals surface area contributed by atoms with Gasteiger partial charge in [-0.25, -0.2) is 67.9 Å². The largest absolute Gasteiger partial charge is 0.506 e. The number of fused-ring (bicyclic) bond motifs is 3. The summed E-state index contributed by atoms with van der Waals surface area (Å²) in [5, 5.41) is 34.5. The number of carboxylic acid groups (broad SMARTS) is 1. The molecule has 5 saturated carbocycles. The van der Waals surface area contributed by atoms with Crippen LogP contribution in [0.2, 0.25) is 0 Å². The molecule has 5 aromatic carbocycles. The molecule has 0 amide bonds. The van der Waals surface area contributed by atoms with Gasteiger partial charge in [0.05, 0.1) is 71.5 Å². The zero-order valence-corrected chi connectivity index (χ0v) is 67.8. The normalized spacial score (nSPS) is 16.3. The van der Waals surface area contributed by atoms with E-state index in [1.165, 1.54) is 43.4 Å². The van der Waals surface area contributed by atoms with Crippen molar-refractivity contribution in [2.24, 2.45) is 4.99 Å². The van der Waals surface area contributed by atoms with E-state index in [-0.39, 0.29) is 88.9 Å². The highest BCUT2D eigenvalue weighted by atomic mass is 35.5. The summed E-state index contributed by atoms with van der Waals surface area (Å²) in [4.78, 5) is 114. The summed E-state index contributed by atoms with van der Waals surface area (Å²) in [5.74, 6) is -15.5. The van der Waals surface area contributed by atoms with Gasteiger partial charge in [-0.2, -0.15) is 0 Å². The Morgan fingerprint density at radius 2 is 0.811 bits per heavy atom. The number of nitrogens with one attached hydrogen (secondary N) is 5. The number of anilines is 2. The van der Waals surface area contributed by atoms with Crippen LogP contribution in [0.15, 0.2) is 116 Å². The smallest absolute Gasteiger partial charge is 0.343 e. The molecule has 8 aromatic rings. The molecule has 0 atom stereocenters. The maximum atomic E-state index is 14.8. The molecule has 26 nitrogen and oxygen atoms in total. The Kier molecular flexibility index (Phi) is 33.0. The summed E-state index contributed by atoms with van der Waals surface area (Å²) >= 11 is 4.86. The first-order valence-electron chi connectivity index (χ1n) is 39.9. The number of ether oxygens (including phenoxy) is 4. The first kappa shape index (κ1) is 92.8. The summed E-state index contributed by atoms with van der Waals surface area (Å²) < 4.78 is 158. The minimum Gasteiger partial charge on any atom is -0.506 e. The Bertz CT molecular complexity index is 5470. The number of carboxylic acids is 1. The van der Waals surface area contributed by atoms with Crippen LogP contribution in [0.25, 0.3) is 38.5 Å². The molecule has 0 unspecified atom stereocenters. The number of aliphatic hydroxyl groups is 1. The number of aliphatic imine (C=N–C) groups is 1. The maximum Gasteiger partial charge on any atom is 0.343 e. The molecule has 8 fully saturated rings. The van der Waals surface area contributed by atoms with Gasteiger partial charge in [0.2, 0.25) is 16.3 Å². The number of piperazine rings is 3. The number of aromatic nitrogens is 3. The second-order valence-electron chi connectivity index (χ2n) is 29.0. The zero-order valence-electron chi connectivity index (χ0n) is 67.1. The van der Waals surface area contributed by atoms with E-state index < -0.39 is 126 Å². The third-order valence-electron chi connectivity index (χ3n) is 19.8. The number of halogens is 11. The van der Waals surface area contributed by atoms with Crippen molar-refractivity contribution in [1.29, 1.82) is 0 Å². The van der Waals surface area contributed by atoms with Crippen molar-refractivity contribution >= 4 is 103 Å². The standard InChI is InChI=1S/C19H22FN3O3.C17H18FN3O3.C15H14F3NO3.C15H13F2NO3.C8H13NO2.C7H2ClF3O.C4H10N2/c1-2-26-19(25)14-11-23(12-3-4-12)16-10-17(22-7-5-21-6-8-22)15(20)9-13(16)18(14)24;18-13-7-11-14(8-15(13)20-5-3-19-4-6-20)21(10-1-2-10)9-12(16(11)22)17(23)24;1-2-22-15(21)10(7-19-8-3-4-8)14(20)9-5-12(17)13(18)6-11(9)16;1-2-21-15(20)10-7-18(8-3-4-8)13-6-12(17)11(16)5-9(13)14(10)19;1-2-11-8(10)5-6-9-7-3-4-7;8-7(12)3-1-5(10)6(11)2-4(3)9;1-2-6-4-3-5-1/h9-12,21H,2-8H2,1H3;7-10,19H,1-6H2,(H,23,24);5-8,20H,2-4H2,1H3;5-8H,2-4H2,1H3;5-7,9H,2-4H2,1H3;1-2H;5-6H,1-4H2/b;;;;6-5-;;. The van der Waals surface area contributed by atoms with Crippen LogP contribution in [-0.2, 0) is 28.5 Å². The van der Waals surface area contributed by atoms with E-state index in [9.17, 15) is 97.3 Å². The molecule has 5 aliphatic carbocycles. The molecule has 37 heteroatoms. The maximum absolute atomic E-state index is 14.8. The average Bonchev–Trinajstić information content (AvgIpc) is 1.74. The number of rotatable bonds is 20. The molecule has 0 spiro atoms. The van der Waals surface area contributed by atoms with Crippen LogP contribution in [0, 0.1) is 58.2 Å². The highest BCUT2D eigenvalue weighted by molar-refractivity contribution is 6.67. The topological polar surface area (TPSA) is 325 Å². The Labute approximate surface area is 697 Å². The summed E-state index contributed by atoms with van der Waals surface area (Å²) in [7, 11) is 0. The number of aromatic carboxylic acids is 1. The first-order valence-corrected chi connectivity index (χ1v) is 40.3. The van der Waals surface area contributed by atoms with E-state index in [2.05, 4.69) is 36.3 Å². The number of esters is 4. The predicted molar refractivity (Wildman–Crippen MR) is 436 cm³/mol. The average molecular weight is 1730 g/mol. The Morgan fingerprint density at radius 3 is 1.20 bits per heavy atom. The number of hydrogen-bond donors (Lipinski definition) is 7. The lowest BCUT2D eigenvalue weighted by Gasteiger charge is -2.30. The van der Waals surface area contributed by atoms with Crippen LogP contribution in [0.5, 0.6) is 0 Å². The van der Waals surface area contributed by atoms with Crippen molar-refractivity contribution in [3.63, 3.8) is 0 Å². The van der Waals surface area contributed by atoms with Crippen molar-refractivity contribution < 1.29 is 102 Å². The van der Waals surface area contributed by atoms with E-state index in [4.69, 9.17) is 25.8 Å². The lowest BCUT2D eigenvalue weighted by molar-refractivity contribution is -0.138. The summed E-state index contributed by atoms with van der Waals surface area (Å²) in [5.41, 5.74) is -1.35. The van der Waals surface area contributed by atoms with Crippen LogP contribution in [0.3, 0.4) is 0 Å². The molecule has 0 bridgehead atoms. The summed E-state index contributed by atoms with van der Waals surface area (Å²) in [6.45, 7) is 18.0. The molecule has 654 valence electrons. The van der Waals surface area contributed by atoms with E-state index in [0.29, 0.717) is 71.9 Å². The number of hydrogen-bond acceptors (Lipinski definition) is 22. The number of carbonyl (C=O) groups is 6. The molecule has 8 aliphatic rings. The highest BCUT2D eigenvalue weighted by Gasteiger charge is 2.33. The van der Waals surface area contributed by atoms with Gasteiger partial charge in [0.25, 0.3) is 5.24 Å². The fraction of sp³-hybridized carbons (Fsp3) is 0.412. The van der Waals surface area contributed by atoms with Crippen LogP contribution < -0.4 is 52.7 Å². The van der Waals surface area contributed by atoms with Gasteiger partial charge in [0.15, 0.2) is 34.9 Å². The minimum absolute atomic E-state index is 0.00801. The molecule has 7 N–H and O–H groups in total. The fourth-order valence-electron chi connectivity index (χ4n) is 12.8. The Balaban J connectivity index is 0.000000154. The van der Waals surface area contributed by atoms with Gasteiger partial charge < -0.3 is 79.2 Å². The Hall–Kier alpha value is -11.5. The lowest BCUT2D eigenvalue weighted by atomic mass is 10.1. The van der Waals surface area contributed by atoms with Crippen molar-refractivity contribution in [1.82, 2.24) is 40.3 Å². The highest BCUT2D eigenvalue weighted by Crippen LogP contribution is 2.41. The molecule has 6 heterocycles. The second-order valence-corrected chi connectivity index (χ2v) is 29.3. The van der Waals surface area contributed by atoms with Crippen molar-refractivity contribution in [2.45, 2.75) is 122 Å². The van der Waals surface area contributed by atoms with Gasteiger partial charge in [-0.3, -0.25) is 24.2 Å². The molecule has 122 heavy (non-hydrogen) atoms. The SMILES string of the molecule is C1CNCCN1.CCOC(=O)/C=C\NC1CC1.CCOC(=O)C(C=NC1CC1)=C(O)c1cc(F)c(F)cc1F.CCOC(=O)c1cn(C2CC2)c2cc(F)c(F)cc2c1=O.CCOC(=O)c1cn(C2CC2)c2cc(N3CCNCC3)c(F)cc2c1=O.O=C(Cl)c1cc(F)c(F)cc1F.O=C(O)c1cn(C2CC2)c2cc(N3CCNCC3)c(F)cc2c1=O. The second kappa shape index (κ2) is 43.3. The van der Waals surface area contributed by atoms with Crippen LogP contribution in [0.1, 0.15) is 157 Å². The molecule has 3 saturated heterocycles. The monoisotopic (exact) mass is 1730 g/mol. The summed E-state index contributed by atoms with van der Waals surface area (Å²) in [6, 6.07) is 10.4. The fourth-order valence-corrected chi connectivity index (χ4v) is 13.0. The van der Waals surface area contributed by atoms with E-state index in [0.717, 1.165) is 135 Å². The van der Waals surface area contributed by atoms with Gasteiger partial charge in [-0.05, 0) is 146 Å². The third-order valence-corrected chi connectivity index (χ3v) is 20.0. The Morgan fingerprint density at radius 1 is 0.443 bits per heavy atom. The van der Waals surface area contributed by atoms with Gasteiger partial charge in [0, 0.05) is 174 Å². The van der Waals surface area contributed by atoms with Gasteiger partial charge in [0.1, 0.15) is 51.3 Å². The van der Waals surface area contributed by atoms with Crippen LogP contribution >= 0.6 is 11.6 Å². The molecular weight excluding hydrogens is 1640 g/mol. The van der Waals surface area contributed by atoms with E-state index in [1.807, 2.05) is 18.9 Å². The third kappa shape index (κ3) is 24.9. The molecule has 16 rings (SSSR count). The molecule has 3 aliphatic heterocycles. The van der Waals surface area contributed by atoms with Crippen molar-refractivity contribution in [3.05, 3.63) is 214 Å². The first-order chi connectivity index (χ1) is 58.5. The van der Waals surface area contributed by atoms with Crippen molar-refractivity contribution in [3.8, 4) is 0 Å². The minimum atomic E-state index is -1.39. The predicted octanol–water partition coefficient (Wildman–Crippen LogP) is 12.1. The molecule has 3 aromatic heterocycles. The van der Waals surface area contributed by atoms with Gasteiger partial charge >= 0.3 is 29.8 Å². The van der Waals surface area contributed by atoms with Gasteiger partial charge in [-0.1, -0.05) is 0 Å². The van der Waals surface area contributed by atoms with Crippen LogP contribution in [-0.4, -0.2) is 182 Å². The van der Waals surface area contributed by atoms with E-state index in [1.54, 1.807) is 56.8 Å². The number of nitrogens with zero attached hydrogens (tertiary/aromatic N) is 6. The van der Waals surface area contributed by atoms with Crippen molar-refractivity contribution in [2.75, 3.05) is 115 Å². The van der Waals surface area contributed by atoms with Crippen LogP contribution in [0.4, 0.5) is 55.3 Å². The number of pyridine rings is 3. The molecular formula is C85H92ClF10N11O15. The number of aliphatic hydroxyl groups excluding tert-OH is 1. The quantitative estimate of drug-likeness (QED) is 0.00545. The number of benzene rings is 5. The molecule has 0 radical (unpaired) electrons. The van der Waals surface area contributed by atoms with E-state index >= 15 is 0 Å².